The molecule has 0 aliphatic heterocycles. The first kappa shape index (κ1) is 14.5. The maximum atomic E-state index is 13.8. The van der Waals surface area contributed by atoms with Gasteiger partial charge >= 0.3 is 12.1 Å². The second kappa shape index (κ2) is 6.19. The molecule has 1 N–H and O–H groups in total. The van der Waals surface area contributed by atoms with Gasteiger partial charge in [0.1, 0.15) is 0 Å². The molecule has 0 heterocycles. The fraction of sp³-hybridized carbons (Fsp3) is 0.750. The molecule has 8 heteroatoms. The average molecular weight is 243 g/mol. The van der Waals surface area contributed by atoms with Gasteiger partial charge in [0.25, 0.3) is 5.79 Å². The van der Waals surface area contributed by atoms with Crippen LogP contribution in [0.4, 0.5) is 18.0 Å². The minimum Gasteiger partial charge on any atom is -0.465 e. The van der Waals surface area contributed by atoms with Crippen LogP contribution in [0.15, 0.2) is 0 Å². The summed E-state index contributed by atoms with van der Waals surface area (Å²) in [5.41, 5.74) is 0. The van der Waals surface area contributed by atoms with Gasteiger partial charge in [-0.05, 0) is 0 Å². The number of nitrogens with one attached hydrogen (secondary N) is 1. The molecule has 0 bridgehead atoms. The van der Waals surface area contributed by atoms with Gasteiger partial charge in [-0.1, -0.05) is 0 Å². The lowest BCUT2D eigenvalue weighted by molar-refractivity contribution is -0.157. The van der Waals surface area contributed by atoms with Crippen LogP contribution in [0.5, 0.6) is 0 Å². The minimum absolute atomic E-state index is 0.873. The van der Waals surface area contributed by atoms with E-state index in [1.807, 2.05) is 0 Å². The van der Waals surface area contributed by atoms with Gasteiger partial charge in [0.15, 0.2) is 0 Å². The highest BCUT2D eigenvalue weighted by Crippen LogP contribution is 2.20. The number of ether oxygens (including phenoxy) is 2. The first-order chi connectivity index (χ1) is 7.35. The SMILES string of the molecule is COC(=O)NC(F)(CCC(F)F)C(=O)OC. The third-order valence-electron chi connectivity index (χ3n) is 1.70. The highest BCUT2D eigenvalue weighted by molar-refractivity contribution is 5.83. The van der Waals surface area contributed by atoms with Crippen molar-refractivity contribution in [2.45, 2.75) is 25.1 Å². The van der Waals surface area contributed by atoms with Crippen molar-refractivity contribution in [3.63, 3.8) is 0 Å². The largest absolute Gasteiger partial charge is 0.465 e. The highest BCUT2D eigenvalue weighted by Gasteiger charge is 2.42. The molecule has 0 radical (unpaired) electrons. The third-order valence-corrected chi connectivity index (χ3v) is 1.70. The summed E-state index contributed by atoms with van der Waals surface area (Å²) in [6, 6.07) is 0. The highest BCUT2D eigenvalue weighted by atomic mass is 19.3. The van der Waals surface area contributed by atoms with Gasteiger partial charge in [0, 0.05) is 12.8 Å². The van der Waals surface area contributed by atoms with Gasteiger partial charge in [0.05, 0.1) is 14.2 Å². The molecule has 0 aliphatic rings. The van der Waals surface area contributed by atoms with Crippen molar-refractivity contribution in [2.75, 3.05) is 14.2 Å². The molecule has 0 aromatic carbocycles. The number of esters is 1. The zero-order valence-corrected chi connectivity index (χ0v) is 8.76. The zero-order valence-electron chi connectivity index (χ0n) is 8.76. The van der Waals surface area contributed by atoms with Gasteiger partial charge in [-0.2, -0.15) is 0 Å². The zero-order chi connectivity index (χ0) is 12.8. The molecular formula is C8H12F3NO4. The van der Waals surface area contributed by atoms with E-state index in [9.17, 15) is 22.8 Å². The number of methoxy groups -OCH3 is 2. The Morgan fingerprint density at radius 2 is 1.88 bits per heavy atom. The van der Waals surface area contributed by atoms with E-state index in [4.69, 9.17) is 0 Å². The van der Waals surface area contributed by atoms with Crippen LogP contribution in [0.2, 0.25) is 0 Å². The number of carbonyl (C=O) groups is 2. The Kier molecular flexibility index (Phi) is 5.62. The van der Waals surface area contributed by atoms with Crippen LogP contribution in [0.25, 0.3) is 0 Å². The van der Waals surface area contributed by atoms with E-state index < -0.39 is 37.1 Å². The van der Waals surface area contributed by atoms with Crippen LogP contribution in [0.3, 0.4) is 0 Å². The van der Waals surface area contributed by atoms with E-state index in [2.05, 4.69) is 9.47 Å². The number of halogens is 3. The van der Waals surface area contributed by atoms with Crippen molar-refractivity contribution < 1.29 is 32.2 Å². The summed E-state index contributed by atoms with van der Waals surface area (Å²) in [4.78, 5) is 21.7. The van der Waals surface area contributed by atoms with Crippen LogP contribution in [0.1, 0.15) is 12.8 Å². The number of alkyl carbamates (subject to hydrolysis) is 1. The molecule has 0 spiro atoms. The molecule has 5 nitrogen and oxygen atoms in total. The molecule has 1 amide bonds. The lowest BCUT2D eigenvalue weighted by Crippen LogP contribution is -2.51. The molecular weight excluding hydrogens is 231 g/mol. The average Bonchev–Trinajstić information content (AvgIpc) is 2.25. The van der Waals surface area contributed by atoms with Crippen LogP contribution in [-0.4, -0.2) is 38.5 Å². The lowest BCUT2D eigenvalue weighted by atomic mass is 10.1. The summed E-state index contributed by atoms with van der Waals surface area (Å²) < 4.78 is 45.7. The van der Waals surface area contributed by atoms with E-state index in [1.165, 1.54) is 5.32 Å². The summed E-state index contributed by atoms with van der Waals surface area (Å²) in [6.07, 6.45) is -5.83. The topological polar surface area (TPSA) is 64.6 Å². The van der Waals surface area contributed by atoms with Gasteiger partial charge in [0.2, 0.25) is 6.43 Å². The van der Waals surface area contributed by atoms with Crippen molar-refractivity contribution in [1.82, 2.24) is 5.32 Å². The van der Waals surface area contributed by atoms with Crippen LogP contribution in [0, 0.1) is 0 Å². The van der Waals surface area contributed by atoms with Crippen molar-refractivity contribution in [3.8, 4) is 0 Å². The fourth-order valence-electron chi connectivity index (χ4n) is 0.898. The van der Waals surface area contributed by atoms with E-state index in [-0.39, 0.29) is 0 Å². The Balaban J connectivity index is 4.60. The second-order valence-electron chi connectivity index (χ2n) is 2.84. The maximum Gasteiger partial charge on any atom is 0.409 e. The fourth-order valence-corrected chi connectivity index (χ4v) is 0.898. The molecule has 94 valence electrons. The number of amides is 1. The molecule has 0 aromatic rings. The summed E-state index contributed by atoms with van der Waals surface area (Å²) in [7, 11) is 1.82. The van der Waals surface area contributed by atoms with E-state index in [0.29, 0.717) is 0 Å². The molecule has 0 aromatic heterocycles. The Bertz CT molecular complexity index is 262. The maximum absolute atomic E-state index is 13.8. The van der Waals surface area contributed by atoms with Crippen molar-refractivity contribution in [1.29, 1.82) is 0 Å². The number of hydrogen-bond acceptors (Lipinski definition) is 4. The Morgan fingerprint density at radius 1 is 1.31 bits per heavy atom. The predicted octanol–water partition coefficient (Wildman–Crippen LogP) is 1.23. The molecule has 0 fully saturated rings. The number of alkyl halides is 3. The van der Waals surface area contributed by atoms with Crippen LogP contribution < -0.4 is 5.32 Å². The lowest BCUT2D eigenvalue weighted by Gasteiger charge is -2.22. The Labute approximate surface area is 89.9 Å². The van der Waals surface area contributed by atoms with Gasteiger partial charge < -0.3 is 9.47 Å². The van der Waals surface area contributed by atoms with Crippen LogP contribution in [-0.2, 0) is 14.3 Å². The van der Waals surface area contributed by atoms with Gasteiger partial charge in [-0.25, -0.2) is 22.8 Å². The van der Waals surface area contributed by atoms with Crippen LogP contribution >= 0.6 is 0 Å². The van der Waals surface area contributed by atoms with Crippen molar-refractivity contribution in [3.05, 3.63) is 0 Å². The minimum atomic E-state index is -3.00. The molecule has 0 saturated heterocycles. The predicted molar refractivity (Wildman–Crippen MR) is 46.6 cm³/mol. The van der Waals surface area contributed by atoms with E-state index >= 15 is 0 Å². The molecule has 0 aliphatic carbocycles. The summed E-state index contributed by atoms with van der Waals surface area (Å²) in [5.74, 6) is -4.46. The Hall–Kier alpha value is -1.47. The standard InChI is InChI=1S/C8H12F3NO4/c1-15-6(13)8(11,4-3-5(9)10)12-7(14)16-2/h5H,3-4H2,1-2H3,(H,12,14). The number of rotatable bonds is 5. The van der Waals surface area contributed by atoms with Crippen molar-refractivity contribution in [2.24, 2.45) is 0 Å². The molecule has 1 atom stereocenters. The van der Waals surface area contributed by atoms with Crippen molar-refractivity contribution >= 4 is 12.1 Å². The van der Waals surface area contributed by atoms with E-state index in [1.54, 1.807) is 0 Å². The molecule has 0 saturated carbocycles. The molecule has 1 unspecified atom stereocenters. The summed E-state index contributed by atoms with van der Waals surface area (Å²) in [5, 5.41) is 1.51. The van der Waals surface area contributed by atoms with E-state index in [0.717, 1.165) is 14.2 Å². The summed E-state index contributed by atoms with van der Waals surface area (Å²) >= 11 is 0. The smallest absolute Gasteiger partial charge is 0.409 e. The summed E-state index contributed by atoms with van der Waals surface area (Å²) in [6.45, 7) is 0. The first-order valence-corrected chi connectivity index (χ1v) is 4.27. The number of carbonyl (C=O) groups excluding carboxylic acids is 2. The van der Waals surface area contributed by atoms with Gasteiger partial charge in [-0.15, -0.1) is 0 Å². The quantitative estimate of drug-likeness (QED) is 0.582. The van der Waals surface area contributed by atoms with Gasteiger partial charge in [-0.3, -0.25) is 5.32 Å². The first-order valence-electron chi connectivity index (χ1n) is 4.27. The second-order valence-corrected chi connectivity index (χ2v) is 2.84. The third kappa shape index (κ3) is 4.37. The molecule has 16 heavy (non-hydrogen) atoms. The Morgan fingerprint density at radius 3 is 2.25 bits per heavy atom. The molecule has 0 rings (SSSR count). The monoisotopic (exact) mass is 243 g/mol. The normalized spacial score (nSPS) is 14.1. The number of hydrogen-bond donors (Lipinski definition) is 1.